The van der Waals surface area contributed by atoms with Crippen molar-refractivity contribution in [2.45, 2.75) is 42.9 Å². The van der Waals surface area contributed by atoms with Gasteiger partial charge in [-0.3, -0.25) is 4.79 Å². The van der Waals surface area contributed by atoms with E-state index < -0.39 is 28.5 Å². The van der Waals surface area contributed by atoms with Crippen LogP contribution in [0.4, 0.5) is 14.5 Å². The average Bonchev–Trinajstić information content (AvgIpc) is 3.04. The molecule has 1 atom stereocenters. The molecule has 4 nitrogen and oxygen atoms in total. The van der Waals surface area contributed by atoms with Crippen molar-refractivity contribution in [3.8, 4) is 0 Å². The van der Waals surface area contributed by atoms with E-state index in [1.165, 1.54) is 41.0 Å². The summed E-state index contributed by atoms with van der Waals surface area (Å²) in [6.45, 7) is 1.70. The van der Waals surface area contributed by atoms with Gasteiger partial charge in [0.05, 0.1) is 5.25 Å². The van der Waals surface area contributed by atoms with E-state index in [1.54, 1.807) is 18.3 Å². The number of rotatable bonds is 4. The van der Waals surface area contributed by atoms with Crippen molar-refractivity contribution in [1.29, 1.82) is 0 Å². The normalized spacial score (nSPS) is 14.8. The summed E-state index contributed by atoms with van der Waals surface area (Å²) in [6.07, 6.45) is 5.89. The highest BCUT2D eigenvalue weighted by Gasteiger charge is 2.24. The Kier molecular flexibility index (Phi) is 5.10. The van der Waals surface area contributed by atoms with Crippen LogP contribution < -0.4 is 5.32 Å². The first kappa shape index (κ1) is 18.3. The second-order valence-electron chi connectivity index (χ2n) is 6.42. The molecule has 1 amide bonds. The summed E-state index contributed by atoms with van der Waals surface area (Å²) in [4.78, 5) is 23.5. The third kappa shape index (κ3) is 3.55. The van der Waals surface area contributed by atoms with Gasteiger partial charge in [0.15, 0.2) is 0 Å². The van der Waals surface area contributed by atoms with Crippen LogP contribution in [-0.2, 0) is 17.6 Å². The van der Waals surface area contributed by atoms with E-state index in [2.05, 4.69) is 15.3 Å². The number of para-hydroxylation sites is 1. The monoisotopic (exact) mass is 405 g/mol. The Morgan fingerprint density at radius 3 is 2.74 bits per heavy atom. The van der Waals surface area contributed by atoms with Crippen LogP contribution in [0.3, 0.4) is 0 Å². The molecule has 0 saturated heterocycles. The second-order valence-corrected chi connectivity index (χ2v) is 8.83. The van der Waals surface area contributed by atoms with Crippen LogP contribution in [0.15, 0.2) is 29.6 Å². The SMILES string of the molecule is C[C@@H](Sc1ncnc2sc3c(c12)CCCC3)C(=O)Nc1c(F)cccc1F. The van der Waals surface area contributed by atoms with Gasteiger partial charge in [-0.15, -0.1) is 11.3 Å². The number of thioether (sulfide) groups is 1. The zero-order valence-corrected chi connectivity index (χ0v) is 16.2. The fourth-order valence-electron chi connectivity index (χ4n) is 3.21. The van der Waals surface area contributed by atoms with E-state index in [0.717, 1.165) is 46.6 Å². The van der Waals surface area contributed by atoms with E-state index >= 15 is 0 Å². The predicted octanol–water partition coefficient (Wildman–Crippen LogP) is 4.97. The first-order valence-electron chi connectivity index (χ1n) is 8.71. The average molecular weight is 405 g/mol. The molecule has 1 aromatic carbocycles. The number of carbonyl (C=O) groups excluding carboxylic acids is 1. The largest absolute Gasteiger partial charge is 0.320 e. The summed E-state index contributed by atoms with van der Waals surface area (Å²) in [6, 6.07) is 3.49. The smallest absolute Gasteiger partial charge is 0.237 e. The maximum Gasteiger partial charge on any atom is 0.237 e. The van der Waals surface area contributed by atoms with Gasteiger partial charge < -0.3 is 5.32 Å². The van der Waals surface area contributed by atoms with Gasteiger partial charge in [-0.1, -0.05) is 17.8 Å². The van der Waals surface area contributed by atoms with Crippen LogP contribution in [0, 0.1) is 11.6 Å². The number of nitrogens with one attached hydrogen (secondary N) is 1. The molecule has 0 unspecified atom stereocenters. The third-order valence-corrected chi connectivity index (χ3v) is 6.89. The number of thiophene rings is 1. The molecule has 1 aliphatic rings. The lowest BCUT2D eigenvalue weighted by Crippen LogP contribution is -2.23. The molecule has 140 valence electrons. The summed E-state index contributed by atoms with van der Waals surface area (Å²) in [5.41, 5.74) is 0.868. The molecule has 0 fully saturated rings. The molecule has 3 aromatic rings. The summed E-state index contributed by atoms with van der Waals surface area (Å²) in [5.74, 6) is -2.06. The van der Waals surface area contributed by atoms with Crippen LogP contribution in [-0.4, -0.2) is 21.1 Å². The van der Waals surface area contributed by atoms with Gasteiger partial charge in [-0.2, -0.15) is 0 Å². The summed E-state index contributed by atoms with van der Waals surface area (Å²) >= 11 is 2.98. The van der Waals surface area contributed by atoms with Gasteiger partial charge in [0, 0.05) is 10.3 Å². The summed E-state index contributed by atoms with van der Waals surface area (Å²) in [7, 11) is 0. The number of aromatic nitrogens is 2. The lowest BCUT2D eigenvalue weighted by Gasteiger charge is -2.14. The molecule has 27 heavy (non-hydrogen) atoms. The molecule has 0 radical (unpaired) electrons. The first-order chi connectivity index (χ1) is 13.0. The van der Waals surface area contributed by atoms with Crippen molar-refractivity contribution in [3.05, 3.63) is 46.6 Å². The fourth-order valence-corrected chi connectivity index (χ4v) is 5.45. The van der Waals surface area contributed by atoms with Gasteiger partial charge in [0.2, 0.25) is 5.91 Å². The summed E-state index contributed by atoms with van der Waals surface area (Å²) in [5, 5.41) is 3.56. The molecule has 1 N–H and O–H groups in total. The zero-order chi connectivity index (χ0) is 19.0. The van der Waals surface area contributed by atoms with Gasteiger partial charge in [-0.05, 0) is 50.3 Å². The number of hydrogen-bond donors (Lipinski definition) is 1. The van der Waals surface area contributed by atoms with Crippen LogP contribution in [0.2, 0.25) is 0 Å². The van der Waals surface area contributed by atoms with Crippen LogP contribution in [0.5, 0.6) is 0 Å². The van der Waals surface area contributed by atoms with Crippen molar-refractivity contribution < 1.29 is 13.6 Å². The minimum atomic E-state index is -0.795. The fraction of sp³-hybridized carbons (Fsp3) is 0.316. The first-order valence-corrected chi connectivity index (χ1v) is 10.4. The van der Waals surface area contributed by atoms with Crippen molar-refractivity contribution in [2.24, 2.45) is 0 Å². The molecule has 0 aliphatic heterocycles. The Morgan fingerprint density at radius 2 is 1.96 bits per heavy atom. The molecule has 0 saturated carbocycles. The minimum Gasteiger partial charge on any atom is -0.320 e. The number of benzene rings is 1. The number of amides is 1. The maximum atomic E-state index is 13.8. The number of carbonyl (C=O) groups is 1. The topological polar surface area (TPSA) is 54.9 Å². The highest BCUT2D eigenvalue weighted by atomic mass is 32.2. The van der Waals surface area contributed by atoms with E-state index in [9.17, 15) is 13.6 Å². The third-order valence-electron chi connectivity index (χ3n) is 4.59. The molecular formula is C19H17F2N3OS2. The Labute approximate surface area is 163 Å². The predicted molar refractivity (Wildman–Crippen MR) is 104 cm³/mol. The molecular weight excluding hydrogens is 388 g/mol. The van der Waals surface area contributed by atoms with Crippen molar-refractivity contribution in [2.75, 3.05) is 5.32 Å². The van der Waals surface area contributed by atoms with Gasteiger partial charge in [-0.25, -0.2) is 18.7 Å². The Morgan fingerprint density at radius 1 is 1.22 bits per heavy atom. The maximum absolute atomic E-state index is 13.8. The van der Waals surface area contributed by atoms with Crippen LogP contribution in [0.25, 0.3) is 10.2 Å². The van der Waals surface area contributed by atoms with E-state index in [-0.39, 0.29) is 0 Å². The number of hydrogen-bond acceptors (Lipinski definition) is 5. The highest BCUT2D eigenvalue weighted by molar-refractivity contribution is 8.00. The van der Waals surface area contributed by atoms with Crippen LogP contribution >= 0.6 is 23.1 Å². The highest BCUT2D eigenvalue weighted by Crippen LogP contribution is 2.40. The van der Waals surface area contributed by atoms with Crippen molar-refractivity contribution in [3.63, 3.8) is 0 Å². The Hall–Kier alpha value is -2.06. The number of anilines is 1. The molecule has 2 heterocycles. The molecule has 0 bridgehead atoms. The molecule has 0 spiro atoms. The van der Waals surface area contributed by atoms with Crippen molar-refractivity contribution >= 4 is 44.9 Å². The standard InChI is InChI=1S/C19H17F2N3OS2/c1-10(17(25)24-16-12(20)6-4-7-13(16)21)26-18-15-11-5-2-3-8-14(11)27-19(15)23-9-22-18/h4,6-7,9-10H,2-3,5,8H2,1H3,(H,24,25)/t10-/m1/s1. The van der Waals surface area contributed by atoms with Gasteiger partial charge in [0.25, 0.3) is 0 Å². The zero-order valence-electron chi connectivity index (χ0n) is 14.6. The van der Waals surface area contributed by atoms with Crippen molar-refractivity contribution in [1.82, 2.24) is 9.97 Å². The number of halogens is 2. The molecule has 2 aromatic heterocycles. The van der Waals surface area contributed by atoms with E-state index in [1.807, 2.05) is 0 Å². The Bertz CT molecular complexity index is 1000. The van der Waals surface area contributed by atoms with E-state index in [4.69, 9.17) is 0 Å². The van der Waals surface area contributed by atoms with Crippen LogP contribution in [0.1, 0.15) is 30.2 Å². The number of aryl methyl sites for hydroxylation is 2. The molecule has 4 rings (SSSR count). The molecule has 8 heteroatoms. The quantitative estimate of drug-likeness (QED) is 0.492. The lowest BCUT2D eigenvalue weighted by atomic mass is 9.97. The van der Waals surface area contributed by atoms with E-state index in [0.29, 0.717) is 0 Å². The number of fused-ring (bicyclic) bond motifs is 3. The Balaban J connectivity index is 1.58. The summed E-state index contributed by atoms with van der Waals surface area (Å²) < 4.78 is 27.6. The lowest BCUT2D eigenvalue weighted by molar-refractivity contribution is -0.115. The minimum absolute atomic E-state index is 0.421. The number of nitrogens with zero attached hydrogens (tertiary/aromatic N) is 2. The molecule has 1 aliphatic carbocycles. The van der Waals surface area contributed by atoms with Gasteiger partial charge in [0.1, 0.15) is 33.5 Å². The second kappa shape index (κ2) is 7.52. The van der Waals surface area contributed by atoms with Gasteiger partial charge >= 0.3 is 0 Å².